The van der Waals surface area contributed by atoms with Crippen molar-refractivity contribution < 1.29 is 4.84 Å². The van der Waals surface area contributed by atoms with Crippen LogP contribution >= 0.6 is 0 Å². The Hall–Kier alpha value is -0.860. The van der Waals surface area contributed by atoms with E-state index >= 15 is 0 Å². The van der Waals surface area contributed by atoms with Gasteiger partial charge in [0.05, 0.1) is 7.11 Å². The van der Waals surface area contributed by atoms with E-state index in [1.807, 2.05) is 6.07 Å². The lowest BCUT2D eigenvalue weighted by molar-refractivity contribution is 0.0661. The fraction of sp³-hybridized carbons (Fsp3) is 0.400. The number of benzene rings is 1. The second kappa shape index (κ2) is 4.91. The van der Waals surface area contributed by atoms with Gasteiger partial charge in [0.2, 0.25) is 0 Å². The molecule has 0 heterocycles. The lowest BCUT2D eigenvalue weighted by atomic mass is 10.1. The molecule has 2 nitrogen and oxygen atoms in total. The topological polar surface area (TPSA) is 21.3 Å². The number of rotatable bonds is 4. The molecule has 1 unspecified atom stereocenters. The molecule has 1 rings (SSSR count). The smallest absolute Gasteiger partial charge is 0.0572 e. The Kier molecular flexibility index (Phi) is 3.77. The van der Waals surface area contributed by atoms with Crippen LogP contribution < -0.4 is 5.48 Å². The molecule has 12 heavy (non-hydrogen) atoms. The second-order valence-corrected chi connectivity index (χ2v) is 2.91. The molecule has 1 aromatic rings. The molecule has 0 spiro atoms. The van der Waals surface area contributed by atoms with Gasteiger partial charge in [-0.05, 0) is 18.9 Å². The lowest BCUT2D eigenvalue weighted by Gasteiger charge is -2.10. The Morgan fingerprint density at radius 1 is 1.33 bits per heavy atom. The van der Waals surface area contributed by atoms with Crippen LogP contribution in [0.4, 0.5) is 0 Å². The molecule has 1 atom stereocenters. The standard InChI is InChI=1S/C10H15NO/c1-9(11-12-2)8-10-6-4-3-5-7-10/h3-7,9,11H,8H2,1-2H3. The maximum Gasteiger partial charge on any atom is 0.0572 e. The van der Waals surface area contributed by atoms with Crippen molar-refractivity contribution in [1.29, 1.82) is 0 Å². The quantitative estimate of drug-likeness (QED) is 0.686. The van der Waals surface area contributed by atoms with Gasteiger partial charge in [-0.3, -0.25) is 0 Å². The van der Waals surface area contributed by atoms with Crippen molar-refractivity contribution in [3.8, 4) is 0 Å². The van der Waals surface area contributed by atoms with Crippen LogP contribution in [0.15, 0.2) is 30.3 Å². The molecule has 0 bridgehead atoms. The highest BCUT2D eigenvalue weighted by Crippen LogP contribution is 2.01. The molecule has 0 fully saturated rings. The van der Waals surface area contributed by atoms with E-state index < -0.39 is 0 Å². The Bertz CT molecular complexity index is 210. The highest BCUT2D eigenvalue weighted by Gasteiger charge is 2.00. The molecular formula is C10H15NO. The van der Waals surface area contributed by atoms with Gasteiger partial charge in [0.1, 0.15) is 0 Å². The van der Waals surface area contributed by atoms with E-state index in [-0.39, 0.29) is 0 Å². The zero-order chi connectivity index (χ0) is 8.81. The maximum atomic E-state index is 4.83. The highest BCUT2D eigenvalue weighted by molar-refractivity contribution is 5.15. The van der Waals surface area contributed by atoms with Crippen LogP contribution in [-0.2, 0) is 11.3 Å². The second-order valence-electron chi connectivity index (χ2n) is 2.91. The summed E-state index contributed by atoms with van der Waals surface area (Å²) in [6, 6.07) is 10.7. The summed E-state index contributed by atoms with van der Waals surface area (Å²) >= 11 is 0. The average molecular weight is 165 g/mol. The summed E-state index contributed by atoms with van der Waals surface area (Å²) in [5.74, 6) is 0. The van der Waals surface area contributed by atoms with E-state index in [0.29, 0.717) is 6.04 Å². The predicted octanol–water partition coefficient (Wildman–Crippen LogP) is 1.77. The molecule has 0 aliphatic carbocycles. The molecule has 0 saturated heterocycles. The molecule has 2 heteroatoms. The van der Waals surface area contributed by atoms with Gasteiger partial charge in [-0.2, -0.15) is 5.48 Å². The molecule has 0 aromatic heterocycles. The van der Waals surface area contributed by atoms with Crippen molar-refractivity contribution in [1.82, 2.24) is 5.48 Å². The van der Waals surface area contributed by atoms with Crippen molar-refractivity contribution in [2.75, 3.05) is 7.11 Å². The highest BCUT2D eigenvalue weighted by atomic mass is 16.6. The van der Waals surface area contributed by atoms with Crippen molar-refractivity contribution in [2.24, 2.45) is 0 Å². The predicted molar refractivity (Wildman–Crippen MR) is 49.8 cm³/mol. The minimum atomic E-state index is 0.359. The zero-order valence-electron chi connectivity index (χ0n) is 7.58. The van der Waals surface area contributed by atoms with Crippen molar-refractivity contribution in [3.63, 3.8) is 0 Å². The van der Waals surface area contributed by atoms with Crippen LogP contribution in [0.5, 0.6) is 0 Å². The van der Waals surface area contributed by atoms with E-state index in [4.69, 9.17) is 4.84 Å². The maximum absolute atomic E-state index is 4.83. The van der Waals surface area contributed by atoms with Crippen molar-refractivity contribution in [3.05, 3.63) is 35.9 Å². The van der Waals surface area contributed by atoms with Crippen LogP contribution in [0.1, 0.15) is 12.5 Å². The van der Waals surface area contributed by atoms with E-state index in [0.717, 1.165) is 6.42 Å². The van der Waals surface area contributed by atoms with E-state index in [1.54, 1.807) is 7.11 Å². The third kappa shape index (κ3) is 3.03. The lowest BCUT2D eigenvalue weighted by Crippen LogP contribution is -2.26. The Morgan fingerprint density at radius 2 is 2.00 bits per heavy atom. The van der Waals surface area contributed by atoms with Crippen LogP contribution in [0, 0.1) is 0 Å². The van der Waals surface area contributed by atoms with Gasteiger partial charge in [-0.15, -0.1) is 0 Å². The summed E-state index contributed by atoms with van der Waals surface area (Å²) in [5, 5.41) is 0. The fourth-order valence-electron chi connectivity index (χ4n) is 1.21. The normalized spacial score (nSPS) is 12.8. The van der Waals surface area contributed by atoms with E-state index in [1.165, 1.54) is 5.56 Å². The van der Waals surface area contributed by atoms with Crippen molar-refractivity contribution in [2.45, 2.75) is 19.4 Å². The van der Waals surface area contributed by atoms with Gasteiger partial charge in [0, 0.05) is 6.04 Å². The largest absolute Gasteiger partial charge is 0.305 e. The third-order valence-corrected chi connectivity index (χ3v) is 1.70. The summed E-state index contributed by atoms with van der Waals surface area (Å²) in [4.78, 5) is 4.83. The molecule has 1 aromatic carbocycles. The molecule has 0 radical (unpaired) electrons. The molecular weight excluding hydrogens is 150 g/mol. The summed E-state index contributed by atoms with van der Waals surface area (Å²) in [7, 11) is 1.64. The van der Waals surface area contributed by atoms with Gasteiger partial charge in [0.15, 0.2) is 0 Å². The van der Waals surface area contributed by atoms with E-state index in [9.17, 15) is 0 Å². The van der Waals surface area contributed by atoms with Gasteiger partial charge in [0.25, 0.3) is 0 Å². The molecule has 0 amide bonds. The minimum absolute atomic E-state index is 0.359. The third-order valence-electron chi connectivity index (χ3n) is 1.70. The summed E-state index contributed by atoms with van der Waals surface area (Å²) in [5.41, 5.74) is 4.22. The van der Waals surface area contributed by atoms with Crippen LogP contribution in [-0.4, -0.2) is 13.2 Å². The number of hydrogen-bond acceptors (Lipinski definition) is 2. The van der Waals surface area contributed by atoms with E-state index in [2.05, 4.69) is 36.7 Å². The molecule has 1 N–H and O–H groups in total. The number of hydrogen-bond donors (Lipinski definition) is 1. The Balaban J connectivity index is 2.41. The fourth-order valence-corrected chi connectivity index (χ4v) is 1.21. The SMILES string of the molecule is CONC(C)Cc1ccccc1. The first-order valence-electron chi connectivity index (χ1n) is 4.15. The summed E-state index contributed by atoms with van der Waals surface area (Å²) in [6.45, 7) is 2.09. The minimum Gasteiger partial charge on any atom is -0.305 e. The monoisotopic (exact) mass is 165 g/mol. The Morgan fingerprint density at radius 3 is 2.58 bits per heavy atom. The molecule has 0 aliphatic rings. The van der Waals surface area contributed by atoms with Crippen LogP contribution in [0.2, 0.25) is 0 Å². The first kappa shape index (κ1) is 9.23. The molecule has 0 saturated carbocycles. The summed E-state index contributed by atoms with van der Waals surface area (Å²) in [6.07, 6.45) is 0.995. The van der Waals surface area contributed by atoms with Gasteiger partial charge in [-0.1, -0.05) is 30.3 Å². The van der Waals surface area contributed by atoms with Crippen LogP contribution in [0.3, 0.4) is 0 Å². The summed E-state index contributed by atoms with van der Waals surface area (Å²) < 4.78 is 0. The molecule has 0 aliphatic heterocycles. The molecule has 66 valence electrons. The van der Waals surface area contributed by atoms with Crippen molar-refractivity contribution >= 4 is 0 Å². The van der Waals surface area contributed by atoms with Gasteiger partial charge < -0.3 is 4.84 Å². The average Bonchev–Trinajstić information content (AvgIpc) is 2.06. The Labute approximate surface area is 73.5 Å². The van der Waals surface area contributed by atoms with Crippen LogP contribution in [0.25, 0.3) is 0 Å². The van der Waals surface area contributed by atoms with Gasteiger partial charge in [-0.25, -0.2) is 0 Å². The number of nitrogens with one attached hydrogen (secondary N) is 1. The first-order valence-corrected chi connectivity index (χ1v) is 4.15. The zero-order valence-corrected chi connectivity index (χ0v) is 7.58. The number of hydroxylamine groups is 1. The first-order chi connectivity index (χ1) is 5.83. The van der Waals surface area contributed by atoms with Gasteiger partial charge >= 0.3 is 0 Å².